The SMILES string of the molecule is Cc1cc(F)c(Cn2cnc(=O)c3cc(Oc4cccc(-c5ccc6nonc6c5)c4C(F)(F)F)ccc32)c(F)c1. The largest absolute Gasteiger partial charge is 0.457 e. The van der Waals surface area contributed by atoms with Crippen LogP contribution in [0.4, 0.5) is 22.0 Å². The van der Waals surface area contributed by atoms with E-state index in [4.69, 9.17) is 4.74 Å². The predicted octanol–water partition coefficient (Wildman–Crippen LogP) is 7.05. The molecule has 2 heterocycles. The van der Waals surface area contributed by atoms with Crippen molar-refractivity contribution >= 4 is 21.9 Å². The molecule has 0 atom stereocenters. The maximum absolute atomic E-state index is 14.5. The van der Waals surface area contributed by atoms with Crippen LogP contribution in [0.2, 0.25) is 0 Å². The second-order valence-electron chi connectivity index (χ2n) is 9.31. The van der Waals surface area contributed by atoms with Gasteiger partial charge in [-0.3, -0.25) is 4.79 Å². The number of nitrogens with zero attached hydrogens (tertiary/aromatic N) is 4. The van der Waals surface area contributed by atoms with Crippen LogP contribution in [0, 0.1) is 18.6 Å². The number of benzene rings is 4. The van der Waals surface area contributed by atoms with Crippen LogP contribution in [0.3, 0.4) is 0 Å². The Bertz CT molecular complexity index is 1990. The highest BCUT2D eigenvalue weighted by Crippen LogP contribution is 2.44. The van der Waals surface area contributed by atoms with Gasteiger partial charge in [0.05, 0.1) is 23.8 Å². The molecule has 7 nitrogen and oxygen atoms in total. The molecule has 0 amide bonds. The normalized spacial score (nSPS) is 11.9. The molecule has 0 N–H and O–H groups in total. The van der Waals surface area contributed by atoms with E-state index in [0.29, 0.717) is 11.1 Å². The molecule has 4 aromatic carbocycles. The van der Waals surface area contributed by atoms with Crippen LogP contribution in [0.1, 0.15) is 16.7 Å². The van der Waals surface area contributed by atoms with Gasteiger partial charge in [0.25, 0.3) is 5.56 Å². The minimum atomic E-state index is -4.81. The van der Waals surface area contributed by atoms with E-state index in [1.54, 1.807) is 6.92 Å². The highest BCUT2D eigenvalue weighted by molar-refractivity contribution is 5.83. The van der Waals surface area contributed by atoms with Crippen LogP contribution in [-0.2, 0) is 12.7 Å². The number of halogens is 5. The minimum absolute atomic E-state index is 0.00775. The van der Waals surface area contributed by atoms with Gasteiger partial charge in [-0.05, 0) is 82.5 Å². The summed E-state index contributed by atoms with van der Waals surface area (Å²) in [5.74, 6) is -2.08. The standard InChI is InChI=1S/C29H17F5N4O3/c1-15-9-21(30)20(22(31)10-15)13-38-14-35-28(39)19-12-17(6-8-25(19)38)40-26-4-2-3-18(27(26)29(32,33)34)16-5-7-23-24(11-16)37-41-36-23/h2-12,14H,13H2,1H3. The molecule has 2 aromatic heterocycles. The van der Waals surface area contributed by atoms with Crippen molar-refractivity contribution in [2.24, 2.45) is 0 Å². The van der Waals surface area contributed by atoms with E-state index in [1.807, 2.05) is 0 Å². The number of hydrogen-bond acceptors (Lipinski definition) is 6. The number of aryl methyl sites for hydroxylation is 1. The van der Waals surface area contributed by atoms with E-state index >= 15 is 0 Å². The summed E-state index contributed by atoms with van der Waals surface area (Å²) in [6.07, 6.45) is -3.66. The zero-order chi connectivity index (χ0) is 28.9. The summed E-state index contributed by atoms with van der Waals surface area (Å²) >= 11 is 0. The number of ether oxygens (including phenoxy) is 1. The van der Waals surface area contributed by atoms with Gasteiger partial charge < -0.3 is 9.30 Å². The first-order valence-corrected chi connectivity index (χ1v) is 12.1. The molecule has 0 radical (unpaired) electrons. The molecular formula is C29H17F5N4O3. The Morgan fingerprint density at radius 2 is 1.68 bits per heavy atom. The third-order valence-corrected chi connectivity index (χ3v) is 6.54. The molecule has 12 heteroatoms. The van der Waals surface area contributed by atoms with E-state index < -0.39 is 34.7 Å². The van der Waals surface area contributed by atoms with Crippen molar-refractivity contribution < 1.29 is 31.3 Å². The smallest absolute Gasteiger partial charge is 0.420 e. The summed E-state index contributed by atoms with van der Waals surface area (Å²) in [5.41, 5.74) is -0.560. The molecular weight excluding hydrogens is 547 g/mol. The average molecular weight is 564 g/mol. The number of rotatable bonds is 5. The van der Waals surface area contributed by atoms with E-state index in [0.717, 1.165) is 12.4 Å². The summed E-state index contributed by atoms with van der Waals surface area (Å²) in [5, 5.41) is 7.35. The predicted molar refractivity (Wildman–Crippen MR) is 139 cm³/mol. The summed E-state index contributed by atoms with van der Waals surface area (Å²) in [7, 11) is 0. The lowest BCUT2D eigenvalue weighted by Crippen LogP contribution is -2.14. The fraction of sp³-hybridized carbons (Fsp3) is 0.103. The lowest BCUT2D eigenvalue weighted by molar-refractivity contribution is -0.138. The van der Waals surface area contributed by atoms with Crippen molar-refractivity contribution in [3.05, 3.63) is 112 Å². The maximum Gasteiger partial charge on any atom is 0.420 e. The van der Waals surface area contributed by atoms with Crippen LogP contribution in [-0.4, -0.2) is 19.9 Å². The Morgan fingerprint density at radius 1 is 0.927 bits per heavy atom. The van der Waals surface area contributed by atoms with Crippen LogP contribution < -0.4 is 10.3 Å². The summed E-state index contributed by atoms with van der Waals surface area (Å²) in [4.78, 5) is 16.4. The highest BCUT2D eigenvalue weighted by atomic mass is 19.4. The Hall–Kier alpha value is -5.13. The van der Waals surface area contributed by atoms with E-state index in [1.165, 1.54) is 65.2 Å². The number of aromatic nitrogens is 4. The zero-order valence-corrected chi connectivity index (χ0v) is 21.0. The molecule has 0 aliphatic carbocycles. The molecule has 0 saturated heterocycles. The first-order valence-electron chi connectivity index (χ1n) is 12.1. The summed E-state index contributed by atoms with van der Waals surface area (Å²) < 4.78 is 83.7. The molecule has 6 rings (SSSR count). The van der Waals surface area contributed by atoms with Crippen LogP contribution in [0.25, 0.3) is 33.1 Å². The lowest BCUT2D eigenvalue weighted by atomic mass is 9.98. The van der Waals surface area contributed by atoms with Gasteiger partial charge in [0, 0.05) is 5.56 Å². The molecule has 0 aliphatic rings. The molecule has 206 valence electrons. The minimum Gasteiger partial charge on any atom is -0.457 e. The number of fused-ring (bicyclic) bond motifs is 2. The fourth-order valence-electron chi connectivity index (χ4n) is 4.66. The van der Waals surface area contributed by atoms with E-state index in [2.05, 4.69) is 19.9 Å². The van der Waals surface area contributed by atoms with Crippen molar-refractivity contribution in [3.8, 4) is 22.6 Å². The number of alkyl halides is 3. The Morgan fingerprint density at radius 3 is 2.44 bits per heavy atom. The first kappa shape index (κ1) is 26.1. The van der Waals surface area contributed by atoms with Crippen molar-refractivity contribution in [2.75, 3.05) is 0 Å². The van der Waals surface area contributed by atoms with Crippen molar-refractivity contribution in [1.82, 2.24) is 19.9 Å². The average Bonchev–Trinajstić information content (AvgIpc) is 3.39. The second-order valence-corrected chi connectivity index (χ2v) is 9.31. The van der Waals surface area contributed by atoms with Crippen molar-refractivity contribution in [3.63, 3.8) is 0 Å². The maximum atomic E-state index is 14.5. The first-order chi connectivity index (χ1) is 19.6. The van der Waals surface area contributed by atoms with Gasteiger partial charge in [-0.1, -0.05) is 18.2 Å². The van der Waals surface area contributed by atoms with E-state index in [9.17, 15) is 26.7 Å². The Balaban J connectivity index is 1.41. The topological polar surface area (TPSA) is 83.0 Å². The molecule has 0 bridgehead atoms. The van der Waals surface area contributed by atoms with Gasteiger partial charge in [0.1, 0.15) is 39.7 Å². The van der Waals surface area contributed by atoms with Crippen LogP contribution in [0.5, 0.6) is 11.5 Å². The van der Waals surface area contributed by atoms with Gasteiger partial charge in [-0.2, -0.15) is 18.2 Å². The van der Waals surface area contributed by atoms with Crippen molar-refractivity contribution in [2.45, 2.75) is 19.6 Å². The fourth-order valence-corrected chi connectivity index (χ4v) is 4.66. The Labute approximate surface area is 227 Å². The van der Waals surface area contributed by atoms with Crippen LogP contribution in [0.15, 0.2) is 82.5 Å². The molecule has 6 aromatic rings. The third kappa shape index (κ3) is 4.88. The van der Waals surface area contributed by atoms with Gasteiger partial charge in [0.2, 0.25) is 0 Å². The zero-order valence-electron chi connectivity index (χ0n) is 21.0. The third-order valence-electron chi connectivity index (χ3n) is 6.54. The molecule has 0 aliphatic heterocycles. The van der Waals surface area contributed by atoms with Gasteiger partial charge >= 0.3 is 6.18 Å². The molecule has 0 fully saturated rings. The van der Waals surface area contributed by atoms with Gasteiger partial charge in [-0.15, -0.1) is 0 Å². The molecule has 41 heavy (non-hydrogen) atoms. The molecule has 0 spiro atoms. The summed E-state index contributed by atoms with van der Waals surface area (Å²) in [6, 6.07) is 14.6. The quantitative estimate of drug-likeness (QED) is 0.209. The monoisotopic (exact) mass is 564 g/mol. The highest BCUT2D eigenvalue weighted by Gasteiger charge is 2.38. The molecule has 0 saturated carbocycles. The molecule has 0 unspecified atom stereocenters. The van der Waals surface area contributed by atoms with Gasteiger partial charge in [0.15, 0.2) is 0 Å². The van der Waals surface area contributed by atoms with Crippen molar-refractivity contribution in [1.29, 1.82) is 0 Å². The second kappa shape index (κ2) is 9.81. The van der Waals surface area contributed by atoms with Gasteiger partial charge in [-0.25, -0.2) is 13.4 Å². The Kier molecular flexibility index (Phi) is 6.24. The van der Waals surface area contributed by atoms with Crippen LogP contribution >= 0.6 is 0 Å². The summed E-state index contributed by atoms with van der Waals surface area (Å²) in [6.45, 7) is 1.29. The number of hydrogen-bond donors (Lipinski definition) is 0. The lowest BCUT2D eigenvalue weighted by Gasteiger charge is -2.18. The van der Waals surface area contributed by atoms with E-state index in [-0.39, 0.29) is 45.4 Å².